The van der Waals surface area contributed by atoms with Crippen molar-refractivity contribution in [3.05, 3.63) is 53.6 Å². The van der Waals surface area contributed by atoms with Crippen molar-refractivity contribution in [2.75, 3.05) is 23.9 Å². The van der Waals surface area contributed by atoms with E-state index in [1.165, 1.54) is 0 Å². The Morgan fingerprint density at radius 2 is 2.04 bits per heavy atom. The number of anilines is 2. The van der Waals surface area contributed by atoms with E-state index in [9.17, 15) is 9.59 Å². The Hall–Kier alpha value is -2.57. The number of fused-ring (bicyclic) bond motifs is 1. The zero-order valence-corrected chi connectivity index (χ0v) is 16.9. The highest BCUT2D eigenvalue weighted by Crippen LogP contribution is 2.31. The van der Waals surface area contributed by atoms with E-state index in [0.29, 0.717) is 18.7 Å². The number of nitrogens with two attached hydrogens (primary N) is 1. The standard InChI is InChI=1S/C21H25N3O3.ClH/c1-14(22)10-20(25)23-17-7-6-16-8-9-24(19(16)13-17)21(26)12-15-4-3-5-18(11-15)27-2;/h3-7,11,13-14H,8-10,12,22H2,1-2H3,(H,23,25);1H. The summed E-state index contributed by atoms with van der Waals surface area (Å²) < 4.78 is 5.22. The van der Waals surface area contributed by atoms with Crippen LogP contribution < -0.4 is 20.7 Å². The van der Waals surface area contributed by atoms with Gasteiger partial charge in [0.15, 0.2) is 0 Å². The molecular formula is C21H26ClN3O3. The third-order valence-electron chi connectivity index (χ3n) is 4.56. The number of nitrogens with one attached hydrogen (secondary N) is 1. The van der Waals surface area contributed by atoms with Gasteiger partial charge in [-0.1, -0.05) is 18.2 Å². The number of ether oxygens (including phenoxy) is 1. The first-order valence-corrected chi connectivity index (χ1v) is 9.08. The molecule has 3 rings (SSSR count). The molecule has 2 aromatic carbocycles. The molecule has 7 heteroatoms. The molecule has 1 aliphatic rings. The van der Waals surface area contributed by atoms with Gasteiger partial charge < -0.3 is 20.7 Å². The maximum atomic E-state index is 12.8. The number of carbonyl (C=O) groups is 2. The van der Waals surface area contributed by atoms with Gasteiger partial charge in [-0.15, -0.1) is 12.4 Å². The molecule has 0 radical (unpaired) electrons. The lowest BCUT2D eigenvalue weighted by Gasteiger charge is -2.18. The highest BCUT2D eigenvalue weighted by Gasteiger charge is 2.25. The second-order valence-corrected chi connectivity index (χ2v) is 6.90. The SMILES string of the molecule is COc1cccc(CC(=O)N2CCc3ccc(NC(=O)CC(C)N)cc32)c1.Cl. The van der Waals surface area contributed by atoms with Gasteiger partial charge in [0.25, 0.3) is 0 Å². The zero-order chi connectivity index (χ0) is 19.4. The Balaban J connectivity index is 0.00000280. The van der Waals surface area contributed by atoms with Crippen molar-refractivity contribution >= 4 is 35.6 Å². The van der Waals surface area contributed by atoms with Gasteiger partial charge in [0.2, 0.25) is 11.8 Å². The Morgan fingerprint density at radius 1 is 1.25 bits per heavy atom. The van der Waals surface area contributed by atoms with Gasteiger partial charge >= 0.3 is 0 Å². The van der Waals surface area contributed by atoms with Crippen LogP contribution in [-0.2, 0) is 22.4 Å². The van der Waals surface area contributed by atoms with E-state index in [2.05, 4.69) is 5.32 Å². The van der Waals surface area contributed by atoms with Gasteiger partial charge in [0.1, 0.15) is 5.75 Å². The van der Waals surface area contributed by atoms with Crippen molar-refractivity contribution in [1.82, 2.24) is 0 Å². The monoisotopic (exact) mass is 403 g/mol. The molecule has 28 heavy (non-hydrogen) atoms. The Bertz CT molecular complexity index is 855. The topological polar surface area (TPSA) is 84.7 Å². The number of benzene rings is 2. The lowest BCUT2D eigenvalue weighted by molar-refractivity contribution is -0.118. The molecular weight excluding hydrogens is 378 g/mol. The molecule has 1 atom stereocenters. The van der Waals surface area contributed by atoms with Crippen LogP contribution in [-0.4, -0.2) is 31.5 Å². The molecule has 0 aromatic heterocycles. The lowest BCUT2D eigenvalue weighted by Crippen LogP contribution is -2.30. The number of hydrogen-bond acceptors (Lipinski definition) is 4. The Labute approximate surface area is 171 Å². The third-order valence-corrected chi connectivity index (χ3v) is 4.56. The molecule has 0 saturated carbocycles. The van der Waals surface area contributed by atoms with Crippen LogP contribution in [0.3, 0.4) is 0 Å². The minimum Gasteiger partial charge on any atom is -0.497 e. The van der Waals surface area contributed by atoms with Crippen LogP contribution in [0, 0.1) is 0 Å². The second-order valence-electron chi connectivity index (χ2n) is 6.90. The molecule has 2 amide bonds. The summed E-state index contributed by atoms with van der Waals surface area (Å²) in [5, 5.41) is 2.85. The largest absolute Gasteiger partial charge is 0.497 e. The van der Waals surface area contributed by atoms with Crippen molar-refractivity contribution in [3.63, 3.8) is 0 Å². The molecule has 150 valence electrons. The fraction of sp³-hybridized carbons (Fsp3) is 0.333. The average molecular weight is 404 g/mol. The normalized spacial score (nSPS) is 13.3. The summed E-state index contributed by atoms with van der Waals surface area (Å²) >= 11 is 0. The first-order chi connectivity index (χ1) is 13.0. The third kappa shape index (κ3) is 5.24. The predicted octanol–water partition coefficient (Wildman–Crippen LogP) is 2.92. The molecule has 0 aliphatic carbocycles. The van der Waals surface area contributed by atoms with Crippen molar-refractivity contribution in [3.8, 4) is 5.75 Å². The van der Waals surface area contributed by atoms with Gasteiger partial charge in [-0.3, -0.25) is 9.59 Å². The summed E-state index contributed by atoms with van der Waals surface area (Å²) in [4.78, 5) is 26.6. The van der Waals surface area contributed by atoms with Crippen LogP contribution in [0.4, 0.5) is 11.4 Å². The highest BCUT2D eigenvalue weighted by atomic mass is 35.5. The highest BCUT2D eigenvalue weighted by molar-refractivity contribution is 5.98. The number of rotatable bonds is 6. The van der Waals surface area contributed by atoms with Gasteiger partial charge in [-0.25, -0.2) is 0 Å². The summed E-state index contributed by atoms with van der Waals surface area (Å²) in [5.74, 6) is 0.638. The first kappa shape index (κ1) is 21.7. The van der Waals surface area contributed by atoms with E-state index in [0.717, 1.165) is 29.0 Å². The Kier molecular flexibility index (Phi) is 7.43. The van der Waals surface area contributed by atoms with Crippen LogP contribution in [0.15, 0.2) is 42.5 Å². The number of nitrogens with zero attached hydrogens (tertiary/aromatic N) is 1. The summed E-state index contributed by atoms with van der Waals surface area (Å²) in [6.45, 7) is 2.44. The minimum absolute atomic E-state index is 0. The molecule has 6 nitrogen and oxygen atoms in total. The maximum Gasteiger partial charge on any atom is 0.231 e. The van der Waals surface area contributed by atoms with E-state index < -0.39 is 0 Å². The minimum atomic E-state index is -0.194. The van der Waals surface area contributed by atoms with E-state index in [4.69, 9.17) is 10.5 Å². The van der Waals surface area contributed by atoms with Crippen LogP contribution in [0.1, 0.15) is 24.5 Å². The number of methoxy groups -OCH3 is 1. The van der Waals surface area contributed by atoms with Crippen molar-refractivity contribution in [2.24, 2.45) is 5.73 Å². The van der Waals surface area contributed by atoms with E-state index >= 15 is 0 Å². The van der Waals surface area contributed by atoms with Gasteiger partial charge in [-0.2, -0.15) is 0 Å². The molecule has 1 aliphatic heterocycles. The summed E-state index contributed by atoms with van der Waals surface area (Å²) in [6.07, 6.45) is 1.38. The van der Waals surface area contributed by atoms with Crippen molar-refractivity contribution in [2.45, 2.75) is 32.2 Å². The maximum absolute atomic E-state index is 12.8. The van der Waals surface area contributed by atoms with Gasteiger partial charge in [0.05, 0.1) is 13.5 Å². The van der Waals surface area contributed by atoms with Crippen LogP contribution >= 0.6 is 12.4 Å². The van der Waals surface area contributed by atoms with Gasteiger partial charge in [0, 0.05) is 30.4 Å². The van der Waals surface area contributed by atoms with Crippen molar-refractivity contribution < 1.29 is 14.3 Å². The van der Waals surface area contributed by atoms with Crippen molar-refractivity contribution in [1.29, 1.82) is 0 Å². The smallest absolute Gasteiger partial charge is 0.231 e. The van der Waals surface area contributed by atoms with E-state index in [1.54, 1.807) is 18.9 Å². The molecule has 2 aromatic rings. The molecule has 0 spiro atoms. The van der Waals surface area contributed by atoms with Crippen LogP contribution in [0.5, 0.6) is 5.75 Å². The summed E-state index contributed by atoms with van der Waals surface area (Å²) in [5.41, 5.74) is 9.24. The second kappa shape index (κ2) is 9.57. The molecule has 3 N–H and O–H groups in total. The zero-order valence-electron chi connectivity index (χ0n) is 16.1. The summed E-state index contributed by atoms with van der Waals surface area (Å²) in [6, 6.07) is 13.0. The number of amides is 2. The molecule has 1 unspecified atom stereocenters. The Morgan fingerprint density at radius 3 is 2.75 bits per heavy atom. The molecule has 0 bridgehead atoms. The van der Waals surface area contributed by atoms with E-state index in [-0.39, 0.29) is 36.7 Å². The quantitative estimate of drug-likeness (QED) is 0.776. The van der Waals surface area contributed by atoms with Gasteiger partial charge in [-0.05, 0) is 48.7 Å². The number of carbonyl (C=O) groups excluding carboxylic acids is 2. The fourth-order valence-corrected chi connectivity index (χ4v) is 3.27. The number of hydrogen-bond donors (Lipinski definition) is 2. The van der Waals surface area contributed by atoms with Crippen LogP contribution in [0.25, 0.3) is 0 Å². The first-order valence-electron chi connectivity index (χ1n) is 9.08. The predicted molar refractivity (Wildman–Crippen MR) is 113 cm³/mol. The molecule has 0 saturated heterocycles. The van der Waals surface area contributed by atoms with Crippen LogP contribution in [0.2, 0.25) is 0 Å². The lowest BCUT2D eigenvalue weighted by atomic mass is 10.1. The summed E-state index contributed by atoms with van der Waals surface area (Å²) in [7, 11) is 1.61. The fourth-order valence-electron chi connectivity index (χ4n) is 3.27. The molecule has 0 fully saturated rings. The number of halogens is 1. The van der Waals surface area contributed by atoms with E-state index in [1.807, 2.05) is 42.5 Å². The average Bonchev–Trinajstić information content (AvgIpc) is 3.04. The molecule has 1 heterocycles.